The highest BCUT2D eigenvalue weighted by Crippen LogP contribution is 2.25. The van der Waals surface area contributed by atoms with Crippen LogP contribution in [0, 0.1) is 20.8 Å². The number of carbonyl (C=O) groups is 2. The van der Waals surface area contributed by atoms with Crippen LogP contribution in [0.15, 0.2) is 41.6 Å². The predicted octanol–water partition coefficient (Wildman–Crippen LogP) is 4.10. The molecule has 0 fully saturated rings. The minimum atomic E-state index is -0.116. The number of rotatable bonds is 6. The highest BCUT2D eigenvalue weighted by molar-refractivity contribution is 7.99. The number of amides is 2. The van der Waals surface area contributed by atoms with Crippen molar-refractivity contribution in [1.29, 1.82) is 0 Å². The Morgan fingerprint density at radius 3 is 2.23 bits per heavy atom. The molecular formula is C22H25N5O2S. The lowest BCUT2D eigenvalue weighted by Crippen LogP contribution is -2.16. The summed E-state index contributed by atoms with van der Waals surface area (Å²) in [5, 5.41) is 14.9. The van der Waals surface area contributed by atoms with Gasteiger partial charge in [0.15, 0.2) is 11.0 Å². The highest BCUT2D eigenvalue weighted by Gasteiger charge is 2.14. The topological polar surface area (TPSA) is 88.9 Å². The van der Waals surface area contributed by atoms with E-state index >= 15 is 0 Å². The molecule has 2 N–H and O–H groups in total. The van der Waals surface area contributed by atoms with E-state index in [9.17, 15) is 9.59 Å². The van der Waals surface area contributed by atoms with Crippen molar-refractivity contribution < 1.29 is 9.59 Å². The molecule has 2 aromatic carbocycles. The van der Waals surface area contributed by atoms with Crippen LogP contribution >= 0.6 is 11.8 Å². The molecule has 30 heavy (non-hydrogen) atoms. The number of nitrogens with one attached hydrogen (secondary N) is 2. The second-order valence-corrected chi connectivity index (χ2v) is 8.18. The third-order valence-electron chi connectivity index (χ3n) is 4.57. The lowest BCUT2D eigenvalue weighted by atomic mass is 10.1. The molecule has 0 aliphatic rings. The molecule has 7 nitrogen and oxygen atoms in total. The van der Waals surface area contributed by atoms with E-state index < -0.39 is 0 Å². The Morgan fingerprint density at radius 2 is 1.63 bits per heavy atom. The van der Waals surface area contributed by atoms with Gasteiger partial charge in [-0.2, -0.15) is 0 Å². The molecule has 0 radical (unpaired) electrons. The van der Waals surface area contributed by atoms with E-state index in [1.165, 1.54) is 24.2 Å². The highest BCUT2D eigenvalue weighted by atomic mass is 32.2. The van der Waals surface area contributed by atoms with Gasteiger partial charge in [-0.15, -0.1) is 10.2 Å². The van der Waals surface area contributed by atoms with E-state index in [2.05, 4.69) is 33.0 Å². The first-order valence-corrected chi connectivity index (χ1v) is 10.5. The van der Waals surface area contributed by atoms with Crippen molar-refractivity contribution in [2.24, 2.45) is 7.05 Å². The second-order valence-electron chi connectivity index (χ2n) is 7.23. The summed E-state index contributed by atoms with van der Waals surface area (Å²) < 4.78 is 1.85. The normalized spacial score (nSPS) is 10.7. The number of thioether (sulfide) groups is 1. The van der Waals surface area contributed by atoms with Crippen molar-refractivity contribution in [1.82, 2.24) is 14.8 Å². The zero-order chi connectivity index (χ0) is 21.8. The van der Waals surface area contributed by atoms with Crippen molar-refractivity contribution in [2.75, 3.05) is 16.4 Å². The molecule has 0 atom stereocenters. The molecule has 1 aromatic heterocycles. The first kappa shape index (κ1) is 21.6. The summed E-state index contributed by atoms with van der Waals surface area (Å²) in [6.45, 7) is 7.50. The van der Waals surface area contributed by atoms with Crippen LogP contribution in [0.2, 0.25) is 0 Å². The van der Waals surface area contributed by atoms with Gasteiger partial charge in [0, 0.05) is 30.9 Å². The molecule has 0 unspecified atom stereocenters. The summed E-state index contributed by atoms with van der Waals surface area (Å²) in [5.74, 6) is 0.728. The van der Waals surface area contributed by atoms with E-state index in [1.54, 1.807) is 0 Å². The number of hydrogen-bond acceptors (Lipinski definition) is 5. The van der Waals surface area contributed by atoms with Crippen LogP contribution in [0.3, 0.4) is 0 Å². The van der Waals surface area contributed by atoms with Crippen molar-refractivity contribution in [3.05, 3.63) is 53.1 Å². The Labute approximate surface area is 180 Å². The van der Waals surface area contributed by atoms with Gasteiger partial charge in [0.2, 0.25) is 11.8 Å². The Bertz CT molecular complexity index is 1070. The number of aromatic nitrogens is 3. The Hall–Kier alpha value is -3.13. The molecule has 0 bridgehead atoms. The number of nitrogens with zero attached hydrogens (tertiary/aromatic N) is 3. The average Bonchev–Trinajstić information content (AvgIpc) is 3.03. The molecule has 156 valence electrons. The maximum Gasteiger partial charge on any atom is 0.234 e. The molecule has 0 aliphatic heterocycles. The van der Waals surface area contributed by atoms with Crippen LogP contribution < -0.4 is 10.6 Å². The third kappa shape index (κ3) is 5.07. The SMILES string of the molecule is CC(=O)Nc1ccc(-c2nnc(SCC(=O)Nc3c(C)cc(C)cc3C)n2C)cc1. The monoisotopic (exact) mass is 423 g/mol. The molecule has 0 aliphatic carbocycles. The van der Waals surface area contributed by atoms with Gasteiger partial charge in [0.25, 0.3) is 0 Å². The fraction of sp³-hybridized carbons (Fsp3) is 0.273. The molecule has 3 aromatic rings. The minimum absolute atomic E-state index is 0.0840. The molecule has 3 rings (SSSR count). The third-order valence-corrected chi connectivity index (χ3v) is 5.59. The van der Waals surface area contributed by atoms with Crippen LogP contribution in [-0.2, 0) is 16.6 Å². The Balaban J connectivity index is 1.65. The van der Waals surface area contributed by atoms with Gasteiger partial charge in [0.1, 0.15) is 0 Å². The lowest BCUT2D eigenvalue weighted by Gasteiger charge is -2.12. The van der Waals surface area contributed by atoms with E-state index in [1.807, 2.05) is 56.7 Å². The summed E-state index contributed by atoms with van der Waals surface area (Å²) in [5.41, 5.74) is 5.74. The van der Waals surface area contributed by atoms with Gasteiger partial charge in [-0.05, 0) is 56.2 Å². The van der Waals surface area contributed by atoms with E-state index in [4.69, 9.17) is 0 Å². The van der Waals surface area contributed by atoms with Gasteiger partial charge < -0.3 is 15.2 Å². The summed E-state index contributed by atoms with van der Waals surface area (Å²) in [4.78, 5) is 23.6. The number of anilines is 2. The van der Waals surface area contributed by atoms with Gasteiger partial charge >= 0.3 is 0 Å². The number of carbonyl (C=O) groups excluding carboxylic acids is 2. The standard InChI is InChI=1S/C22H25N5O2S/c1-13-10-14(2)20(15(3)11-13)24-19(29)12-30-22-26-25-21(27(22)5)17-6-8-18(9-7-17)23-16(4)28/h6-11H,12H2,1-5H3,(H,23,28)(H,24,29). The smallest absolute Gasteiger partial charge is 0.234 e. The van der Waals surface area contributed by atoms with Crippen LogP contribution in [0.4, 0.5) is 11.4 Å². The van der Waals surface area contributed by atoms with E-state index in [-0.39, 0.29) is 17.6 Å². The van der Waals surface area contributed by atoms with Crippen molar-refractivity contribution >= 4 is 35.0 Å². The maximum absolute atomic E-state index is 12.5. The van der Waals surface area contributed by atoms with Gasteiger partial charge in [0.05, 0.1) is 5.75 Å². The zero-order valence-electron chi connectivity index (χ0n) is 17.7. The molecule has 8 heteroatoms. The summed E-state index contributed by atoms with van der Waals surface area (Å²) in [7, 11) is 1.87. The molecule has 2 amide bonds. The van der Waals surface area contributed by atoms with Crippen molar-refractivity contribution in [3.8, 4) is 11.4 Å². The predicted molar refractivity (Wildman–Crippen MR) is 121 cm³/mol. The fourth-order valence-electron chi connectivity index (χ4n) is 3.28. The zero-order valence-corrected chi connectivity index (χ0v) is 18.6. The fourth-order valence-corrected chi connectivity index (χ4v) is 3.99. The van der Waals surface area contributed by atoms with Gasteiger partial charge in [-0.3, -0.25) is 9.59 Å². The lowest BCUT2D eigenvalue weighted by molar-refractivity contribution is -0.114. The maximum atomic E-state index is 12.5. The number of benzene rings is 2. The Kier molecular flexibility index (Phi) is 6.56. The van der Waals surface area contributed by atoms with Crippen molar-refractivity contribution in [2.45, 2.75) is 32.9 Å². The van der Waals surface area contributed by atoms with Crippen LogP contribution in [-0.4, -0.2) is 32.3 Å². The largest absolute Gasteiger partial charge is 0.326 e. The van der Waals surface area contributed by atoms with E-state index in [0.29, 0.717) is 11.0 Å². The summed E-state index contributed by atoms with van der Waals surface area (Å²) in [6, 6.07) is 11.5. The summed E-state index contributed by atoms with van der Waals surface area (Å²) in [6.07, 6.45) is 0. The molecule has 0 spiro atoms. The van der Waals surface area contributed by atoms with E-state index in [0.717, 1.165) is 28.1 Å². The molecular weight excluding hydrogens is 398 g/mol. The Morgan fingerprint density at radius 1 is 1.00 bits per heavy atom. The van der Waals surface area contributed by atoms with Crippen LogP contribution in [0.1, 0.15) is 23.6 Å². The second kappa shape index (κ2) is 9.13. The van der Waals surface area contributed by atoms with Gasteiger partial charge in [-0.25, -0.2) is 0 Å². The van der Waals surface area contributed by atoms with Crippen LogP contribution in [0.25, 0.3) is 11.4 Å². The minimum Gasteiger partial charge on any atom is -0.326 e. The van der Waals surface area contributed by atoms with Crippen molar-refractivity contribution in [3.63, 3.8) is 0 Å². The summed E-state index contributed by atoms with van der Waals surface area (Å²) >= 11 is 1.34. The molecule has 1 heterocycles. The van der Waals surface area contributed by atoms with Gasteiger partial charge in [-0.1, -0.05) is 29.5 Å². The number of aryl methyl sites for hydroxylation is 3. The number of hydrogen-bond donors (Lipinski definition) is 2. The quantitative estimate of drug-likeness (QED) is 0.583. The first-order valence-electron chi connectivity index (χ1n) is 9.52. The van der Waals surface area contributed by atoms with Crippen LogP contribution in [0.5, 0.6) is 0 Å². The average molecular weight is 424 g/mol. The molecule has 0 saturated heterocycles. The first-order chi connectivity index (χ1) is 14.2. The molecule has 0 saturated carbocycles.